The van der Waals surface area contributed by atoms with Crippen molar-refractivity contribution in [1.82, 2.24) is 15.5 Å². The first-order valence-electron chi connectivity index (χ1n) is 8.29. The lowest BCUT2D eigenvalue weighted by molar-refractivity contribution is 0.315. The third kappa shape index (κ3) is 5.13. The first kappa shape index (κ1) is 17.1. The lowest BCUT2D eigenvalue weighted by atomic mass is 10.1. The lowest BCUT2D eigenvalue weighted by Crippen LogP contribution is -2.42. The highest BCUT2D eigenvalue weighted by molar-refractivity contribution is 14.0. The standard InChI is InChI=1S/C16H28N4.HI/c1-2-17-16(19-14-5-3-4-6-14)18-11-13-9-10-20(12-13)15-7-8-15;/h3-4,13-15H,2,5-12H2,1H3,(H2,17,18,19);1H. The van der Waals surface area contributed by atoms with Crippen LogP contribution in [0, 0.1) is 5.92 Å². The van der Waals surface area contributed by atoms with Crippen molar-refractivity contribution in [3.63, 3.8) is 0 Å². The lowest BCUT2D eigenvalue weighted by Gasteiger charge is -2.18. The Kier molecular flexibility index (Phi) is 6.79. The Bertz CT molecular complexity index is 370. The van der Waals surface area contributed by atoms with Crippen LogP contribution in [0.4, 0.5) is 0 Å². The fraction of sp³-hybridized carbons (Fsp3) is 0.812. The van der Waals surface area contributed by atoms with Crippen molar-refractivity contribution in [2.75, 3.05) is 26.2 Å². The minimum atomic E-state index is 0. The third-order valence-electron chi connectivity index (χ3n) is 4.58. The van der Waals surface area contributed by atoms with E-state index in [0.717, 1.165) is 43.9 Å². The maximum absolute atomic E-state index is 4.81. The van der Waals surface area contributed by atoms with E-state index in [0.29, 0.717) is 6.04 Å². The minimum Gasteiger partial charge on any atom is -0.357 e. The summed E-state index contributed by atoms with van der Waals surface area (Å²) in [5.74, 6) is 1.76. The van der Waals surface area contributed by atoms with Gasteiger partial charge in [-0.2, -0.15) is 0 Å². The van der Waals surface area contributed by atoms with Crippen molar-refractivity contribution in [2.45, 2.75) is 51.1 Å². The highest BCUT2D eigenvalue weighted by Crippen LogP contribution is 2.31. The number of nitrogens with zero attached hydrogens (tertiary/aromatic N) is 2. The third-order valence-corrected chi connectivity index (χ3v) is 4.58. The van der Waals surface area contributed by atoms with Crippen LogP contribution in [-0.4, -0.2) is 49.1 Å². The molecule has 1 saturated heterocycles. The van der Waals surface area contributed by atoms with E-state index < -0.39 is 0 Å². The van der Waals surface area contributed by atoms with E-state index in [1.54, 1.807) is 0 Å². The van der Waals surface area contributed by atoms with Gasteiger partial charge in [0.05, 0.1) is 0 Å². The maximum Gasteiger partial charge on any atom is 0.191 e. The van der Waals surface area contributed by atoms with Gasteiger partial charge >= 0.3 is 0 Å². The molecule has 0 amide bonds. The number of nitrogens with one attached hydrogen (secondary N) is 2. The molecule has 120 valence electrons. The summed E-state index contributed by atoms with van der Waals surface area (Å²) in [5.41, 5.74) is 0. The SMILES string of the molecule is CCNC(=NCC1CCN(C2CC2)C1)NC1CC=CC1.I. The van der Waals surface area contributed by atoms with Gasteiger partial charge < -0.3 is 15.5 Å². The van der Waals surface area contributed by atoms with Crippen molar-refractivity contribution in [1.29, 1.82) is 0 Å². The van der Waals surface area contributed by atoms with Crippen LogP contribution in [0.3, 0.4) is 0 Å². The topological polar surface area (TPSA) is 39.7 Å². The Morgan fingerprint density at radius 3 is 2.67 bits per heavy atom. The normalized spacial score (nSPS) is 26.9. The van der Waals surface area contributed by atoms with Crippen LogP contribution in [-0.2, 0) is 0 Å². The highest BCUT2D eigenvalue weighted by atomic mass is 127. The van der Waals surface area contributed by atoms with E-state index in [-0.39, 0.29) is 24.0 Å². The molecule has 0 aromatic heterocycles. The Morgan fingerprint density at radius 2 is 2.00 bits per heavy atom. The van der Waals surface area contributed by atoms with Crippen molar-refractivity contribution in [3.05, 3.63) is 12.2 Å². The first-order chi connectivity index (χ1) is 9.85. The molecular weight excluding hydrogens is 375 g/mol. The molecule has 2 N–H and O–H groups in total. The molecule has 1 saturated carbocycles. The molecule has 3 aliphatic rings. The van der Waals surface area contributed by atoms with Crippen LogP contribution < -0.4 is 10.6 Å². The van der Waals surface area contributed by atoms with Gasteiger partial charge in [-0.3, -0.25) is 4.99 Å². The maximum atomic E-state index is 4.81. The number of hydrogen-bond donors (Lipinski definition) is 2. The van der Waals surface area contributed by atoms with Crippen LogP contribution in [0.5, 0.6) is 0 Å². The second-order valence-electron chi connectivity index (χ2n) is 6.38. The van der Waals surface area contributed by atoms with Gasteiger partial charge in [0.15, 0.2) is 5.96 Å². The predicted molar refractivity (Wildman–Crippen MR) is 99.4 cm³/mol. The zero-order valence-corrected chi connectivity index (χ0v) is 15.4. The average Bonchev–Trinajstić information content (AvgIpc) is 2.99. The fourth-order valence-corrected chi connectivity index (χ4v) is 3.25. The van der Waals surface area contributed by atoms with E-state index in [1.807, 2.05) is 0 Å². The smallest absolute Gasteiger partial charge is 0.191 e. The van der Waals surface area contributed by atoms with Gasteiger partial charge in [0.25, 0.3) is 0 Å². The molecule has 1 atom stereocenters. The monoisotopic (exact) mass is 404 g/mol. The number of aliphatic imine (C=N–C) groups is 1. The molecule has 0 spiro atoms. The summed E-state index contributed by atoms with van der Waals surface area (Å²) in [6, 6.07) is 1.46. The summed E-state index contributed by atoms with van der Waals surface area (Å²) in [6.07, 6.45) is 10.9. The van der Waals surface area contributed by atoms with E-state index in [4.69, 9.17) is 4.99 Å². The molecular formula is C16H29IN4. The van der Waals surface area contributed by atoms with Crippen molar-refractivity contribution in [3.8, 4) is 0 Å². The highest BCUT2D eigenvalue weighted by Gasteiger charge is 2.34. The molecule has 2 fully saturated rings. The fourth-order valence-electron chi connectivity index (χ4n) is 3.25. The Hall–Kier alpha value is -0.300. The molecule has 0 bridgehead atoms. The average molecular weight is 404 g/mol. The van der Waals surface area contributed by atoms with Gasteiger partial charge in [-0.15, -0.1) is 24.0 Å². The molecule has 4 nitrogen and oxygen atoms in total. The van der Waals surface area contributed by atoms with E-state index in [2.05, 4.69) is 34.6 Å². The molecule has 1 aliphatic heterocycles. The van der Waals surface area contributed by atoms with Crippen LogP contribution in [0.15, 0.2) is 17.1 Å². The van der Waals surface area contributed by atoms with Gasteiger partial charge in [-0.05, 0) is 51.5 Å². The van der Waals surface area contributed by atoms with Crippen LogP contribution in [0.25, 0.3) is 0 Å². The number of guanidine groups is 1. The molecule has 0 radical (unpaired) electrons. The molecule has 3 rings (SSSR count). The van der Waals surface area contributed by atoms with Crippen molar-refractivity contribution in [2.24, 2.45) is 10.9 Å². The molecule has 5 heteroatoms. The predicted octanol–water partition coefficient (Wildman–Crippen LogP) is 2.36. The largest absolute Gasteiger partial charge is 0.357 e. The van der Waals surface area contributed by atoms with E-state index in [9.17, 15) is 0 Å². The van der Waals surface area contributed by atoms with Gasteiger partial charge in [0.1, 0.15) is 0 Å². The molecule has 0 aromatic rings. The van der Waals surface area contributed by atoms with E-state index >= 15 is 0 Å². The molecule has 1 heterocycles. The quantitative estimate of drug-likeness (QED) is 0.320. The number of likely N-dealkylation sites (tertiary alicyclic amines) is 1. The second-order valence-corrected chi connectivity index (χ2v) is 6.38. The van der Waals surface area contributed by atoms with Crippen LogP contribution in [0.2, 0.25) is 0 Å². The Morgan fingerprint density at radius 1 is 1.24 bits per heavy atom. The Balaban J connectivity index is 0.00000161. The summed E-state index contributed by atoms with van der Waals surface area (Å²) >= 11 is 0. The summed E-state index contributed by atoms with van der Waals surface area (Å²) in [7, 11) is 0. The summed E-state index contributed by atoms with van der Waals surface area (Å²) in [5, 5.41) is 6.93. The van der Waals surface area contributed by atoms with Crippen LogP contribution >= 0.6 is 24.0 Å². The molecule has 21 heavy (non-hydrogen) atoms. The van der Waals surface area contributed by atoms with Crippen molar-refractivity contribution < 1.29 is 0 Å². The molecule has 0 aromatic carbocycles. The number of rotatable bonds is 5. The Labute approximate surface area is 145 Å². The van der Waals surface area contributed by atoms with Gasteiger partial charge in [0, 0.05) is 31.7 Å². The van der Waals surface area contributed by atoms with Gasteiger partial charge in [0.2, 0.25) is 0 Å². The van der Waals surface area contributed by atoms with Crippen molar-refractivity contribution >= 4 is 29.9 Å². The zero-order valence-electron chi connectivity index (χ0n) is 13.1. The first-order valence-corrected chi connectivity index (χ1v) is 8.29. The van der Waals surface area contributed by atoms with Gasteiger partial charge in [-0.1, -0.05) is 12.2 Å². The van der Waals surface area contributed by atoms with Gasteiger partial charge in [-0.25, -0.2) is 0 Å². The van der Waals surface area contributed by atoms with E-state index in [1.165, 1.54) is 32.4 Å². The second kappa shape index (κ2) is 8.36. The van der Waals surface area contributed by atoms with Crippen LogP contribution in [0.1, 0.15) is 39.0 Å². The zero-order chi connectivity index (χ0) is 13.8. The minimum absolute atomic E-state index is 0. The molecule has 2 aliphatic carbocycles. The summed E-state index contributed by atoms with van der Waals surface area (Å²) in [6.45, 7) is 6.60. The molecule has 1 unspecified atom stereocenters. The summed E-state index contributed by atoms with van der Waals surface area (Å²) in [4.78, 5) is 7.48. The summed E-state index contributed by atoms with van der Waals surface area (Å²) < 4.78 is 0. The number of hydrogen-bond acceptors (Lipinski definition) is 2. The number of halogens is 1.